The van der Waals surface area contributed by atoms with Gasteiger partial charge in [-0.25, -0.2) is 0 Å². The zero-order chi connectivity index (χ0) is 20.8. The summed E-state index contributed by atoms with van der Waals surface area (Å²) in [5, 5.41) is 0. The first-order valence-corrected chi connectivity index (χ1v) is 10.2. The van der Waals surface area contributed by atoms with Crippen LogP contribution in [0.2, 0.25) is 0 Å². The minimum atomic E-state index is 1.14. The Morgan fingerprint density at radius 3 is 0.967 bits per heavy atom. The molecule has 4 rings (SSSR count). The molecule has 148 valence electrons. The van der Waals surface area contributed by atoms with Gasteiger partial charge in [0.1, 0.15) is 0 Å². The van der Waals surface area contributed by atoms with E-state index >= 15 is 0 Å². The van der Waals surface area contributed by atoms with Crippen molar-refractivity contribution in [3.63, 3.8) is 0 Å². The summed E-state index contributed by atoms with van der Waals surface area (Å²) in [6, 6.07) is 42.2. The van der Waals surface area contributed by atoms with Crippen molar-refractivity contribution in [1.29, 1.82) is 0 Å². The van der Waals surface area contributed by atoms with E-state index in [1.807, 2.05) is 0 Å². The number of para-hydroxylation sites is 2. The normalized spacial score (nSPS) is 11.5. The van der Waals surface area contributed by atoms with E-state index in [1.54, 1.807) is 0 Å². The fourth-order valence-electron chi connectivity index (χ4n) is 3.73. The summed E-state index contributed by atoms with van der Waals surface area (Å²) in [5.41, 5.74) is 6.94. The molecule has 0 radical (unpaired) electrons. The van der Waals surface area contributed by atoms with Crippen molar-refractivity contribution >= 4 is 22.8 Å². The Morgan fingerprint density at radius 1 is 0.400 bits per heavy atom. The Bertz CT molecular complexity index is 997. The quantitative estimate of drug-likeness (QED) is 0.335. The van der Waals surface area contributed by atoms with Gasteiger partial charge in [-0.05, 0) is 24.3 Å². The zero-order valence-electron chi connectivity index (χ0n) is 17.4. The maximum Gasteiger partial charge on any atom is 0.0729 e. The highest BCUT2D eigenvalue weighted by molar-refractivity contribution is 6.01. The van der Waals surface area contributed by atoms with Gasteiger partial charge in [0.15, 0.2) is 0 Å². The van der Waals surface area contributed by atoms with Gasteiger partial charge in [0.2, 0.25) is 0 Å². The smallest absolute Gasteiger partial charge is 0.0729 e. The van der Waals surface area contributed by atoms with E-state index in [4.69, 9.17) is 0 Å². The van der Waals surface area contributed by atoms with Gasteiger partial charge in [-0.3, -0.25) is 0 Å². The van der Waals surface area contributed by atoms with Gasteiger partial charge in [0.25, 0.3) is 0 Å². The molecule has 4 aromatic rings. The Labute approximate surface area is 179 Å². The maximum absolute atomic E-state index is 2.27. The summed E-state index contributed by atoms with van der Waals surface area (Å²) < 4.78 is 0. The molecule has 2 nitrogen and oxygen atoms in total. The minimum Gasteiger partial charge on any atom is -0.342 e. The van der Waals surface area contributed by atoms with Gasteiger partial charge in [-0.15, -0.1) is 0 Å². The second-order valence-electron chi connectivity index (χ2n) is 7.22. The van der Waals surface area contributed by atoms with Crippen molar-refractivity contribution < 1.29 is 0 Å². The van der Waals surface area contributed by atoms with Crippen molar-refractivity contribution in [2.75, 3.05) is 23.9 Å². The van der Waals surface area contributed by atoms with Gasteiger partial charge in [-0.2, -0.15) is 0 Å². The van der Waals surface area contributed by atoms with E-state index in [2.05, 4.69) is 145 Å². The number of benzene rings is 4. The first-order chi connectivity index (χ1) is 14.8. The van der Waals surface area contributed by atoms with Gasteiger partial charge in [0, 0.05) is 36.6 Å². The first-order valence-electron chi connectivity index (χ1n) is 10.2. The molecule has 0 aliphatic heterocycles. The lowest BCUT2D eigenvalue weighted by Crippen LogP contribution is -2.24. The van der Waals surface area contributed by atoms with Crippen LogP contribution in [0.5, 0.6) is 0 Å². The molecular formula is C28H26N2. The van der Waals surface area contributed by atoms with Crippen molar-refractivity contribution in [2.24, 2.45) is 0 Å². The van der Waals surface area contributed by atoms with Crippen LogP contribution < -0.4 is 9.80 Å². The highest BCUT2D eigenvalue weighted by atomic mass is 15.2. The average molecular weight is 391 g/mol. The molecule has 2 heteroatoms. The highest BCUT2D eigenvalue weighted by Crippen LogP contribution is 2.35. The number of anilines is 2. The molecule has 0 aliphatic rings. The molecule has 0 fully saturated rings. The third kappa shape index (κ3) is 4.13. The summed E-state index contributed by atoms with van der Waals surface area (Å²) in [4.78, 5) is 4.55. The summed E-state index contributed by atoms with van der Waals surface area (Å²) in [7, 11) is 4.28. The second kappa shape index (κ2) is 9.15. The number of hydrogen-bond acceptors (Lipinski definition) is 2. The summed E-state index contributed by atoms with van der Waals surface area (Å²) >= 11 is 0. The van der Waals surface area contributed by atoms with Crippen LogP contribution >= 0.6 is 0 Å². The second-order valence-corrected chi connectivity index (χ2v) is 7.22. The third-order valence-electron chi connectivity index (χ3n) is 5.28. The van der Waals surface area contributed by atoms with Crippen LogP contribution in [-0.2, 0) is 0 Å². The van der Waals surface area contributed by atoms with E-state index in [0.717, 1.165) is 22.8 Å². The van der Waals surface area contributed by atoms with Gasteiger partial charge in [0.05, 0.1) is 11.4 Å². The van der Waals surface area contributed by atoms with Crippen LogP contribution in [0.1, 0.15) is 11.1 Å². The Hall–Kier alpha value is -3.78. The lowest BCUT2D eigenvalue weighted by atomic mass is 10.0. The Morgan fingerprint density at radius 2 is 0.667 bits per heavy atom. The van der Waals surface area contributed by atoms with E-state index in [1.165, 1.54) is 11.1 Å². The van der Waals surface area contributed by atoms with E-state index in [0.29, 0.717) is 0 Å². The predicted octanol–water partition coefficient (Wildman–Crippen LogP) is 6.79. The molecule has 0 amide bonds. The molecule has 0 aliphatic carbocycles. The van der Waals surface area contributed by atoms with Crippen molar-refractivity contribution in [1.82, 2.24) is 0 Å². The number of hydrogen-bond donors (Lipinski definition) is 0. The molecule has 0 spiro atoms. The molecule has 0 heterocycles. The third-order valence-corrected chi connectivity index (χ3v) is 5.28. The van der Waals surface area contributed by atoms with E-state index < -0.39 is 0 Å². The molecule has 4 aromatic carbocycles. The topological polar surface area (TPSA) is 6.48 Å². The summed E-state index contributed by atoms with van der Waals surface area (Å²) in [6.07, 6.45) is 0. The van der Waals surface area contributed by atoms with E-state index in [-0.39, 0.29) is 0 Å². The van der Waals surface area contributed by atoms with Crippen LogP contribution in [-0.4, -0.2) is 14.1 Å². The molecule has 0 bridgehead atoms. The number of rotatable bonds is 6. The zero-order valence-corrected chi connectivity index (χ0v) is 17.4. The van der Waals surface area contributed by atoms with Crippen molar-refractivity contribution in [2.45, 2.75) is 0 Å². The monoisotopic (exact) mass is 390 g/mol. The molecule has 30 heavy (non-hydrogen) atoms. The average Bonchev–Trinajstić information content (AvgIpc) is 2.84. The molecule has 0 aromatic heterocycles. The summed E-state index contributed by atoms with van der Waals surface area (Å²) in [5.74, 6) is 0. The van der Waals surface area contributed by atoms with Crippen molar-refractivity contribution in [3.05, 3.63) is 132 Å². The standard InChI is InChI=1S/C28H26N2/c1-29(25-19-11-5-12-20-25)27(23-15-7-3-8-16-23)28(24-17-9-4-10-18-24)30(2)26-21-13-6-14-22-26/h3-22H,1-2H3/b28-27-. The van der Waals surface area contributed by atoms with Gasteiger partial charge in [-0.1, -0.05) is 97.1 Å². The molecular weight excluding hydrogens is 364 g/mol. The van der Waals surface area contributed by atoms with Crippen LogP contribution in [0.15, 0.2) is 121 Å². The lowest BCUT2D eigenvalue weighted by molar-refractivity contribution is 1.17. The molecule has 0 atom stereocenters. The fourth-order valence-corrected chi connectivity index (χ4v) is 3.73. The highest BCUT2D eigenvalue weighted by Gasteiger charge is 2.21. The fraction of sp³-hybridized carbons (Fsp3) is 0.0714. The summed E-state index contributed by atoms with van der Waals surface area (Å²) in [6.45, 7) is 0. The molecule has 0 saturated heterocycles. The maximum atomic E-state index is 2.27. The SMILES string of the molecule is CN(/C(=C(/c1ccccc1)N(C)c1ccccc1)c1ccccc1)c1ccccc1. The van der Waals surface area contributed by atoms with Gasteiger partial charge >= 0.3 is 0 Å². The van der Waals surface area contributed by atoms with E-state index in [9.17, 15) is 0 Å². The van der Waals surface area contributed by atoms with Crippen LogP contribution in [0.4, 0.5) is 11.4 Å². The first kappa shape index (κ1) is 19.5. The van der Waals surface area contributed by atoms with Crippen LogP contribution in [0.3, 0.4) is 0 Å². The van der Waals surface area contributed by atoms with Crippen LogP contribution in [0.25, 0.3) is 11.4 Å². The number of nitrogens with zero attached hydrogens (tertiary/aromatic N) is 2. The molecule has 0 unspecified atom stereocenters. The largest absolute Gasteiger partial charge is 0.342 e. The van der Waals surface area contributed by atoms with Crippen LogP contribution in [0, 0.1) is 0 Å². The van der Waals surface area contributed by atoms with Crippen molar-refractivity contribution in [3.8, 4) is 0 Å². The Balaban J connectivity index is 2.00. The minimum absolute atomic E-state index is 1.14. The Kier molecular flexibility index (Phi) is 5.95. The molecule has 0 saturated carbocycles. The predicted molar refractivity (Wildman–Crippen MR) is 129 cm³/mol. The van der Waals surface area contributed by atoms with Gasteiger partial charge < -0.3 is 9.80 Å². The lowest BCUT2D eigenvalue weighted by Gasteiger charge is -2.32. The molecule has 0 N–H and O–H groups in total.